The SMILES string of the molecule is CN(C)c1ccc(CCOc2ccc(/C=C(\SCc3ccc(C(C)(C)C)cc3)C(=O)O)cc2)cc1. The lowest BCUT2D eigenvalue weighted by Crippen LogP contribution is -2.10. The van der Waals surface area contributed by atoms with Crippen LogP contribution in [-0.4, -0.2) is 31.8 Å². The molecule has 184 valence electrons. The zero-order valence-corrected chi connectivity index (χ0v) is 22.1. The van der Waals surface area contributed by atoms with Crippen LogP contribution in [0.1, 0.15) is 43.0 Å². The largest absolute Gasteiger partial charge is 0.493 e. The van der Waals surface area contributed by atoms with Crippen molar-refractivity contribution >= 4 is 29.5 Å². The second-order valence-electron chi connectivity index (χ2n) is 9.78. The Kier molecular flexibility index (Phi) is 9.05. The third-order valence-corrected chi connectivity index (χ3v) is 6.80. The minimum Gasteiger partial charge on any atom is -0.493 e. The van der Waals surface area contributed by atoms with Gasteiger partial charge in [-0.1, -0.05) is 69.3 Å². The van der Waals surface area contributed by atoms with E-state index in [0.717, 1.165) is 23.3 Å². The Morgan fingerprint density at radius 3 is 2.06 bits per heavy atom. The Bertz CT molecular complexity index is 1130. The molecule has 0 saturated carbocycles. The molecule has 0 saturated heterocycles. The van der Waals surface area contributed by atoms with Gasteiger partial charge in [0.2, 0.25) is 0 Å². The normalized spacial score (nSPS) is 11.9. The highest BCUT2D eigenvalue weighted by atomic mass is 32.2. The highest BCUT2D eigenvalue weighted by Gasteiger charge is 2.14. The molecule has 35 heavy (non-hydrogen) atoms. The molecule has 0 spiro atoms. The van der Waals surface area contributed by atoms with Crippen molar-refractivity contribution in [3.63, 3.8) is 0 Å². The number of hydrogen-bond donors (Lipinski definition) is 1. The average molecular weight is 490 g/mol. The number of nitrogens with zero attached hydrogens (tertiary/aromatic N) is 1. The molecular weight excluding hydrogens is 454 g/mol. The van der Waals surface area contributed by atoms with Crippen molar-refractivity contribution in [1.82, 2.24) is 0 Å². The smallest absolute Gasteiger partial charge is 0.342 e. The molecule has 0 bridgehead atoms. The van der Waals surface area contributed by atoms with E-state index >= 15 is 0 Å². The molecule has 5 heteroatoms. The Labute approximate surface area is 213 Å². The van der Waals surface area contributed by atoms with Crippen LogP contribution < -0.4 is 9.64 Å². The van der Waals surface area contributed by atoms with Crippen LogP contribution in [0.4, 0.5) is 5.69 Å². The summed E-state index contributed by atoms with van der Waals surface area (Å²) in [5, 5.41) is 9.67. The maximum absolute atomic E-state index is 11.8. The van der Waals surface area contributed by atoms with E-state index in [1.54, 1.807) is 6.08 Å². The van der Waals surface area contributed by atoms with Gasteiger partial charge in [-0.05, 0) is 58.0 Å². The van der Waals surface area contributed by atoms with Crippen molar-refractivity contribution in [2.45, 2.75) is 38.4 Å². The summed E-state index contributed by atoms with van der Waals surface area (Å²) in [6.07, 6.45) is 2.54. The summed E-state index contributed by atoms with van der Waals surface area (Å²) < 4.78 is 5.88. The van der Waals surface area contributed by atoms with Crippen LogP contribution in [0.15, 0.2) is 77.7 Å². The topological polar surface area (TPSA) is 49.8 Å². The Hall–Kier alpha value is -3.18. The van der Waals surface area contributed by atoms with E-state index in [-0.39, 0.29) is 5.41 Å². The van der Waals surface area contributed by atoms with E-state index in [1.165, 1.54) is 28.6 Å². The number of ether oxygens (including phenoxy) is 1. The lowest BCUT2D eigenvalue weighted by Gasteiger charge is -2.19. The second kappa shape index (κ2) is 12.0. The van der Waals surface area contributed by atoms with Crippen molar-refractivity contribution in [2.24, 2.45) is 0 Å². The van der Waals surface area contributed by atoms with E-state index in [4.69, 9.17) is 4.74 Å². The van der Waals surface area contributed by atoms with Gasteiger partial charge in [-0.3, -0.25) is 0 Å². The lowest BCUT2D eigenvalue weighted by atomic mass is 9.87. The van der Waals surface area contributed by atoms with Gasteiger partial charge >= 0.3 is 5.97 Å². The Morgan fingerprint density at radius 1 is 0.914 bits per heavy atom. The number of carboxylic acids is 1. The Balaban J connectivity index is 1.54. The van der Waals surface area contributed by atoms with E-state index in [0.29, 0.717) is 17.3 Å². The van der Waals surface area contributed by atoms with Crippen LogP contribution >= 0.6 is 11.8 Å². The molecule has 0 heterocycles. The summed E-state index contributed by atoms with van der Waals surface area (Å²) in [5.74, 6) is 0.469. The fourth-order valence-corrected chi connectivity index (χ4v) is 4.34. The molecule has 0 unspecified atom stereocenters. The van der Waals surface area contributed by atoms with Crippen molar-refractivity contribution in [2.75, 3.05) is 25.6 Å². The van der Waals surface area contributed by atoms with Crippen LogP contribution in [0.25, 0.3) is 6.08 Å². The number of thioether (sulfide) groups is 1. The van der Waals surface area contributed by atoms with Crippen LogP contribution in [0.5, 0.6) is 5.75 Å². The van der Waals surface area contributed by atoms with Gasteiger partial charge in [-0.15, -0.1) is 11.8 Å². The van der Waals surface area contributed by atoms with Gasteiger partial charge < -0.3 is 14.7 Å². The third kappa shape index (κ3) is 8.22. The summed E-state index contributed by atoms with van der Waals surface area (Å²) in [7, 11) is 4.06. The van der Waals surface area contributed by atoms with Gasteiger partial charge in [0, 0.05) is 32.0 Å². The zero-order chi connectivity index (χ0) is 25.4. The fraction of sp³-hybridized carbons (Fsp3) is 0.300. The molecule has 3 rings (SSSR count). The van der Waals surface area contributed by atoms with E-state index in [2.05, 4.69) is 74.2 Å². The second-order valence-corrected chi connectivity index (χ2v) is 10.8. The predicted octanol–water partition coefficient (Wildman–Crippen LogP) is 7.03. The van der Waals surface area contributed by atoms with Gasteiger partial charge in [0.1, 0.15) is 5.75 Å². The van der Waals surface area contributed by atoms with Gasteiger partial charge in [0.25, 0.3) is 0 Å². The number of aliphatic carboxylic acids is 1. The summed E-state index contributed by atoms with van der Waals surface area (Å²) in [6.45, 7) is 7.13. The monoisotopic (exact) mass is 489 g/mol. The molecule has 0 aromatic heterocycles. The minimum atomic E-state index is -0.915. The quantitative estimate of drug-likeness (QED) is 0.310. The van der Waals surface area contributed by atoms with Gasteiger partial charge in [0.05, 0.1) is 11.5 Å². The number of benzene rings is 3. The van der Waals surface area contributed by atoms with Crippen molar-refractivity contribution in [1.29, 1.82) is 0 Å². The van der Waals surface area contributed by atoms with Gasteiger partial charge in [0.15, 0.2) is 0 Å². The number of carboxylic acid groups (broad SMARTS) is 1. The van der Waals surface area contributed by atoms with Gasteiger partial charge in [-0.25, -0.2) is 4.79 Å². The molecule has 0 aliphatic carbocycles. The lowest BCUT2D eigenvalue weighted by molar-refractivity contribution is -0.131. The first-order valence-electron chi connectivity index (χ1n) is 11.8. The van der Waals surface area contributed by atoms with Crippen LogP contribution in [0.3, 0.4) is 0 Å². The highest BCUT2D eigenvalue weighted by Crippen LogP contribution is 2.27. The first kappa shape index (κ1) is 26.4. The molecule has 0 amide bonds. The van der Waals surface area contributed by atoms with E-state index in [9.17, 15) is 9.90 Å². The summed E-state index contributed by atoms with van der Waals surface area (Å²) >= 11 is 1.34. The zero-order valence-electron chi connectivity index (χ0n) is 21.2. The number of rotatable bonds is 10. The van der Waals surface area contributed by atoms with E-state index < -0.39 is 5.97 Å². The average Bonchev–Trinajstić information content (AvgIpc) is 2.82. The first-order chi connectivity index (χ1) is 16.6. The highest BCUT2D eigenvalue weighted by molar-refractivity contribution is 8.03. The number of hydrogen-bond acceptors (Lipinski definition) is 4. The number of anilines is 1. The molecule has 0 radical (unpaired) electrons. The standard InChI is InChI=1S/C30H35NO3S/c1-30(2,3)25-12-6-24(7-13-25)21-35-28(29(32)33)20-23-10-16-27(17-11-23)34-19-18-22-8-14-26(15-9-22)31(4)5/h6-17,20H,18-19,21H2,1-5H3,(H,32,33)/b28-20-. The van der Waals surface area contributed by atoms with Crippen LogP contribution in [0, 0.1) is 0 Å². The fourth-order valence-electron chi connectivity index (χ4n) is 3.49. The van der Waals surface area contributed by atoms with Crippen LogP contribution in [-0.2, 0) is 22.4 Å². The molecule has 4 nitrogen and oxygen atoms in total. The molecule has 0 aliphatic heterocycles. The number of carbonyl (C=O) groups is 1. The molecular formula is C30H35NO3S. The minimum absolute atomic E-state index is 0.102. The molecule has 0 fully saturated rings. The molecule has 0 atom stereocenters. The van der Waals surface area contributed by atoms with Crippen LogP contribution in [0.2, 0.25) is 0 Å². The Morgan fingerprint density at radius 2 is 1.51 bits per heavy atom. The maximum Gasteiger partial charge on any atom is 0.342 e. The predicted molar refractivity (Wildman–Crippen MR) is 148 cm³/mol. The summed E-state index contributed by atoms with van der Waals surface area (Å²) in [6, 6.07) is 24.4. The maximum atomic E-state index is 11.8. The molecule has 0 aliphatic rings. The van der Waals surface area contributed by atoms with Crippen molar-refractivity contribution < 1.29 is 14.6 Å². The molecule has 3 aromatic carbocycles. The van der Waals surface area contributed by atoms with E-state index in [1.807, 2.05) is 38.4 Å². The van der Waals surface area contributed by atoms with Gasteiger partial charge in [-0.2, -0.15) is 0 Å². The summed E-state index contributed by atoms with van der Waals surface area (Å²) in [4.78, 5) is 14.2. The molecule has 3 aromatic rings. The van der Waals surface area contributed by atoms with Crippen molar-refractivity contribution in [3.8, 4) is 5.75 Å². The first-order valence-corrected chi connectivity index (χ1v) is 12.8. The van der Waals surface area contributed by atoms with Crippen molar-refractivity contribution in [3.05, 3.63) is 100.0 Å². The summed E-state index contributed by atoms with van der Waals surface area (Å²) in [5.41, 5.74) is 5.72. The third-order valence-electron chi connectivity index (χ3n) is 5.72. The molecule has 1 N–H and O–H groups in total.